The predicted molar refractivity (Wildman–Crippen MR) is 118 cm³/mol. The highest BCUT2D eigenvalue weighted by Gasteiger charge is 2.39. The minimum atomic E-state index is -4.98. The van der Waals surface area contributed by atoms with Crippen LogP contribution in [0.5, 0.6) is 0 Å². The summed E-state index contributed by atoms with van der Waals surface area (Å²) in [7, 11) is 0. The van der Waals surface area contributed by atoms with Gasteiger partial charge < -0.3 is 11.1 Å². The normalized spacial score (nSPS) is 11.4. The highest BCUT2D eigenvalue weighted by atomic mass is 19.4. The second-order valence-corrected chi connectivity index (χ2v) is 7.77. The molecule has 1 aromatic carbocycles. The molecule has 3 heterocycles. The molecule has 14 heteroatoms. The van der Waals surface area contributed by atoms with Gasteiger partial charge in [0.2, 0.25) is 0 Å². The Labute approximate surface area is 204 Å². The van der Waals surface area contributed by atoms with Crippen LogP contribution in [-0.2, 0) is 12.7 Å². The molecule has 0 saturated heterocycles. The number of alkyl halides is 3. The number of amides is 2. The van der Waals surface area contributed by atoms with Crippen molar-refractivity contribution in [2.24, 2.45) is 5.73 Å². The molecule has 188 valence electrons. The number of nitrogens with two attached hydrogens (primary N) is 1. The molecule has 9 nitrogen and oxygen atoms in total. The number of nitriles is 1. The third-order valence-electron chi connectivity index (χ3n) is 5.33. The number of carbonyl (C=O) groups excluding carboxylic acids is 2. The lowest BCUT2D eigenvalue weighted by Gasteiger charge is -2.12. The first-order valence-electron chi connectivity index (χ1n) is 10.3. The van der Waals surface area contributed by atoms with Gasteiger partial charge in [-0.2, -0.15) is 23.5 Å². The number of hydrogen-bond donors (Lipinski definition) is 2. The summed E-state index contributed by atoms with van der Waals surface area (Å²) in [5.74, 6) is -4.94. The number of nitrogens with zero attached hydrogens (tertiary/aromatic N) is 5. The van der Waals surface area contributed by atoms with Crippen LogP contribution in [0.3, 0.4) is 0 Å². The fourth-order valence-corrected chi connectivity index (χ4v) is 3.50. The van der Waals surface area contributed by atoms with E-state index in [2.05, 4.69) is 20.4 Å². The number of fused-ring (bicyclic) bond motifs is 1. The zero-order chi connectivity index (χ0) is 27.1. The molecule has 4 rings (SSSR count). The van der Waals surface area contributed by atoms with Crippen molar-refractivity contribution in [1.29, 1.82) is 5.26 Å². The van der Waals surface area contributed by atoms with Crippen molar-refractivity contribution in [3.63, 3.8) is 0 Å². The molecule has 0 aliphatic carbocycles. The van der Waals surface area contributed by atoms with Crippen LogP contribution in [0.2, 0.25) is 0 Å². The van der Waals surface area contributed by atoms with Crippen LogP contribution in [0.25, 0.3) is 10.9 Å². The van der Waals surface area contributed by atoms with Crippen molar-refractivity contribution in [3.8, 4) is 6.07 Å². The van der Waals surface area contributed by atoms with Gasteiger partial charge in [-0.05, 0) is 31.2 Å². The van der Waals surface area contributed by atoms with Gasteiger partial charge in [0.1, 0.15) is 11.8 Å². The van der Waals surface area contributed by atoms with Gasteiger partial charge in [0.25, 0.3) is 11.8 Å². The molecule has 37 heavy (non-hydrogen) atoms. The number of pyridine rings is 2. The van der Waals surface area contributed by atoms with Crippen molar-refractivity contribution in [2.45, 2.75) is 19.6 Å². The fourth-order valence-electron chi connectivity index (χ4n) is 3.50. The summed E-state index contributed by atoms with van der Waals surface area (Å²) in [6, 6.07) is 6.87. The minimum absolute atomic E-state index is 0.0995. The summed E-state index contributed by atoms with van der Waals surface area (Å²) >= 11 is 0. The summed E-state index contributed by atoms with van der Waals surface area (Å²) in [6.45, 7) is 1.06. The third kappa shape index (κ3) is 4.92. The third-order valence-corrected chi connectivity index (χ3v) is 5.33. The molecule has 0 saturated carbocycles. The Morgan fingerprint density at radius 3 is 2.46 bits per heavy atom. The van der Waals surface area contributed by atoms with Crippen LogP contribution in [0.15, 0.2) is 36.5 Å². The Morgan fingerprint density at radius 1 is 1.16 bits per heavy atom. The molecule has 0 aliphatic rings. The highest BCUT2D eigenvalue weighted by Crippen LogP contribution is 2.36. The number of nitrogens with one attached hydrogen (secondary N) is 1. The van der Waals surface area contributed by atoms with Crippen LogP contribution in [-0.4, -0.2) is 31.6 Å². The molecule has 0 radical (unpaired) electrons. The average molecular weight is 515 g/mol. The van der Waals surface area contributed by atoms with Gasteiger partial charge in [0.05, 0.1) is 40.3 Å². The van der Waals surface area contributed by atoms with E-state index in [1.54, 1.807) is 0 Å². The summed E-state index contributed by atoms with van der Waals surface area (Å²) in [5.41, 5.74) is 2.27. The fraction of sp³-hybridized carbons (Fsp3) is 0.130. The summed E-state index contributed by atoms with van der Waals surface area (Å²) in [5, 5.41) is 14.3. The first kappa shape index (κ1) is 25.2. The van der Waals surface area contributed by atoms with Crippen LogP contribution in [0, 0.1) is 29.9 Å². The summed E-state index contributed by atoms with van der Waals surface area (Å²) in [4.78, 5) is 32.6. The van der Waals surface area contributed by atoms with E-state index in [1.165, 1.54) is 25.3 Å². The molecule has 0 atom stereocenters. The number of rotatable bonds is 5. The van der Waals surface area contributed by atoms with Crippen LogP contribution >= 0.6 is 0 Å². The van der Waals surface area contributed by atoms with E-state index in [0.717, 1.165) is 10.7 Å². The number of carbonyl (C=O) groups is 2. The predicted octanol–water partition coefficient (Wildman–Crippen LogP) is 3.70. The lowest BCUT2D eigenvalue weighted by molar-refractivity contribution is -0.140. The summed E-state index contributed by atoms with van der Waals surface area (Å²) in [6.07, 6.45) is -3.74. The lowest BCUT2D eigenvalue weighted by Crippen LogP contribution is -2.19. The smallest absolute Gasteiger partial charge is 0.364 e. The zero-order valence-electron chi connectivity index (χ0n) is 18.7. The number of halogens is 5. The van der Waals surface area contributed by atoms with Crippen molar-refractivity contribution < 1.29 is 31.5 Å². The van der Waals surface area contributed by atoms with E-state index >= 15 is 0 Å². The van der Waals surface area contributed by atoms with Crippen molar-refractivity contribution in [1.82, 2.24) is 19.7 Å². The molecular formula is C23H14F5N7O2. The molecule has 0 bridgehead atoms. The zero-order valence-corrected chi connectivity index (χ0v) is 18.7. The minimum Gasteiger partial charge on any atom is -0.364 e. The standard InChI is InChI=1S/C23H14F5N7O2/c1-10-19(20(23(26,27)28)34-35(10)9-12-3-2-11(7-29)8-31-12)33-22(37)14-5-18(21(30)36)32-17-6-16(25)15(24)4-13(14)17/h2-6,8H,9H2,1H3,(H2,30,36)(H,33,37). The Hall–Kier alpha value is -4.93. The quantitative estimate of drug-likeness (QED) is 0.389. The van der Waals surface area contributed by atoms with E-state index < -0.39 is 52.3 Å². The van der Waals surface area contributed by atoms with E-state index in [9.17, 15) is 31.5 Å². The number of aromatic nitrogens is 4. The largest absolute Gasteiger partial charge is 0.437 e. The van der Waals surface area contributed by atoms with Gasteiger partial charge in [0, 0.05) is 17.6 Å². The molecule has 4 aromatic rings. The van der Waals surface area contributed by atoms with Crippen LogP contribution < -0.4 is 11.1 Å². The van der Waals surface area contributed by atoms with Crippen LogP contribution in [0.4, 0.5) is 27.6 Å². The molecule has 0 aliphatic heterocycles. The van der Waals surface area contributed by atoms with Crippen molar-refractivity contribution in [2.75, 3.05) is 5.32 Å². The van der Waals surface area contributed by atoms with E-state index in [1.807, 2.05) is 6.07 Å². The Kier molecular flexibility index (Phi) is 6.30. The maximum Gasteiger partial charge on any atom is 0.437 e. The van der Waals surface area contributed by atoms with Crippen molar-refractivity contribution >= 4 is 28.4 Å². The van der Waals surface area contributed by atoms with Gasteiger partial charge in [-0.15, -0.1) is 0 Å². The average Bonchev–Trinajstić information content (AvgIpc) is 3.15. The Balaban J connectivity index is 1.79. The van der Waals surface area contributed by atoms with Crippen LogP contribution in [0.1, 0.15) is 43.5 Å². The SMILES string of the molecule is Cc1c(NC(=O)c2cc(C(N)=O)nc3cc(F)c(F)cc23)c(C(F)(F)F)nn1Cc1ccc(C#N)cn1. The Bertz CT molecular complexity index is 1610. The monoisotopic (exact) mass is 515 g/mol. The summed E-state index contributed by atoms with van der Waals surface area (Å²) < 4.78 is 70.0. The lowest BCUT2D eigenvalue weighted by atomic mass is 10.1. The maximum atomic E-state index is 13.9. The maximum absolute atomic E-state index is 13.9. The molecule has 3 aromatic heterocycles. The van der Waals surface area contributed by atoms with E-state index in [4.69, 9.17) is 11.0 Å². The van der Waals surface area contributed by atoms with Crippen molar-refractivity contribution in [3.05, 3.63) is 82.1 Å². The van der Waals surface area contributed by atoms with Gasteiger partial charge in [-0.3, -0.25) is 19.3 Å². The second kappa shape index (κ2) is 9.26. The van der Waals surface area contributed by atoms with E-state index in [-0.39, 0.29) is 28.7 Å². The van der Waals surface area contributed by atoms with Gasteiger partial charge in [0.15, 0.2) is 17.3 Å². The molecule has 0 unspecified atom stereocenters. The molecule has 2 amide bonds. The molecule has 0 fully saturated rings. The van der Waals surface area contributed by atoms with E-state index in [0.29, 0.717) is 17.8 Å². The van der Waals surface area contributed by atoms with Gasteiger partial charge in [-0.1, -0.05) is 0 Å². The number of anilines is 1. The Morgan fingerprint density at radius 2 is 1.86 bits per heavy atom. The second-order valence-electron chi connectivity index (χ2n) is 7.77. The number of benzene rings is 1. The highest BCUT2D eigenvalue weighted by molar-refractivity contribution is 6.14. The molecule has 3 N–H and O–H groups in total. The first-order valence-corrected chi connectivity index (χ1v) is 10.3. The number of hydrogen-bond acceptors (Lipinski definition) is 6. The molecule has 0 spiro atoms. The molecular weight excluding hydrogens is 501 g/mol. The topological polar surface area (TPSA) is 140 Å². The van der Waals surface area contributed by atoms with Gasteiger partial charge in [-0.25, -0.2) is 13.8 Å². The number of primary amides is 1. The van der Waals surface area contributed by atoms with Gasteiger partial charge >= 0.3 is 6.18 Å². The first-order chi connectivity index (χ1) is 17.4.